The highest BCUT2D eigenvalue weighted by Gasteiger charge is 2.23. The van der Waals surface area contributed by atoms with Crippen LogP contribution < -0.4 is 15.8 Å². The lowest BCUT2D eigenvalue weighted by atomic mass is 9.98. The molecule has 2 heterocycles. The number of hydrogen-bond donors (Lipinski definition) is 1. The number of rotatable bonds is 5. The molecule has 0 saturated heterocycles. The summed E-state index contributed by atoms with van der Waals surface area (Å²) in [6, 6.07) is 3.98. The Kier molecular flexibility index (Phi) is 21.2. The van der Waals surface area contributed by atoms with Crippen LogP contribution in [0.5, 0.6) is 0 Å². The van der Waals surface area contributed by atoms with Crippen LogP contribution in [0.2, 0.25) is 0 Å². The Labute approximate surface area is 223 Å². The van der Waals surface area contributed by atoms with Gasteiger partial charge in [-0.25, -0.2) is 0 Å². The van der Waals surface area contributed by atoms with E-state index < -0.39 is 0 Å². The molecule has 1 atom stereocenters. The summed E-state index contributed by atoms with van der Waals surface area (Å²) in [5, 5.41) is 5.75. The topological polar surface area (TPSA) is 35.6 Å². The van der Waals surface area contributed by atoms with Gasteiger partial charge in [-0.3, -0.25) is 4.79 Å². The number of likely N-dealkylation sites (N-methyl/N-ethyl adjacent to an activating group) is 1. The molecule has 4 nitrogen and oxygen atoms in total. The molecule has 0 aliphatic carbocycles. The Morgan fingerprint density at radius 3 is 2.25 bits per heavy atom. The van der Waals surface area contributed by atoms with Gasteiger partial charge < -0.3 is 15.1 Å². The van der Waals surface area contributed by atoms with Crippen molar-refractivity contribution in [2.45, 2.75) is 81.6 Å². The molecule has 1 aromatic rings. The van der Waals surface area contributed by atoms with E-state index in [0.717, 1.165) is 42.4 Å². The normalized spacial score (nSPS) is 15.3. The van der Waals surface area contributed by atoms with Gasteiger partial charge in [-0.05, 0) is 49.0 Å². The first-order valence-corrected chi connectivity index (χ1v) is 13.9. The highest BCUT2D eigenvalue weighted by Crippen LogP contribution is 2.19. The van der Waals surface area contributed by atoms with E-state index >= 15 is 0 Å². The zero-order chi connectivity index (χ0) is 28.1. The second kappa shape index (κ2) is 21.5. The molecule has 0 fully saturated rings. The standard InChI is InChI=1S/C16H22N2O.C10H17N.2C2H6.C2H4/c1-4-7-13-12(6-3)8-9-14-15(13)17-11-18(10-5-2)16(14)19;1-4-9(2)10-6-5-7-11(3)8-10;3*1-2/h6-9,17H,4-5,10-11H2,1-3H3;5-6,8-9H,4,7H2,1-3H3;2*1-2H3;1-2H2/b12-6-,13-7+;;;;. The number of nitrogens with zero attached hydrogens (tertiary/aromatic N) is 2. The second-order valence-electron chi connectivity index (χ2n) is 8.08. The van der Waals surface area contributed by atoms with Crippen LogP contribution in [0.1, 0.15) is 91.9 Å². The monoisotopic (exact) mass is 497 g/mol. The fourth-order valence-corrected chi connectivity index (χ4v) is 3.78. The number of benzene rings is 1. The lowest BCUT2D eigenvalue weighted by Gasteiger charge is -2.29. The Morgan fingerprint density at radius 2 is 1.75 bits per heavy atom. The summed E-state index contributed by atoms with van der Waals surface area (Å²) in [7, 11) is 2.12. The smallest absolute Gasteiger partial charge is 0.257 e. The number of hydrogen-bond acceptors (Lipinski definition) is 3. The zero-order valence-electron chi connectivity index (χ0n) is 25.1. The van der Waals surface area contributed by atoms with E-state index in [1.165, 1.54) is 17.2 Å². The molecule has 4 heteroatoms. The van der Waals surface area contributed by atoms with Gasteiger partial charge in [0.05, 0.1) is 17.9 Å². The van der Waals surface area contributed by atoms with Crippen molar-refractivity contribution < 1.29 is 4.79 Å². The maximum Gasteiger partial charge on any atom is 0.257 e. The summed E-state index contributed by atoms with van der Waals surface area (Å²) < 4.78 is 0. The predicted molar refractivity (Wildman–Crippen MR) is 164 cm³/mol. The first kappa shape index (κ1) is 35.4. The highest BCUT2D eigenvalue weighted by atomic mass is 16.2. The lowest BCUT2D eigenvalue weighted by Crippen LogP contribution is -2.44. The average molecular weight is 498 g/mol. The minimum atomic E-state index is 0.143. The molecule has 2 aliphatic rings. The van der Waals surface area contributed by atoms with Crippen molar-refractivity contribution in [1.82, 2.24) is 9.80 Å². The summed E-state index contributed by atoms with van der Waals surface area (Å²) in [4.78, 5) is 16.5. The quantitative estimate of drug-likeness (QED) is 0.437. The van der Waals surface area contributed by atoms with Crippen LogP contribution in [0.3, 0.4) is 0 Å². The van der Waals surface area contributed by atoms with Crippen LogP contribution in [0.25, 0.3) is 12.2 Å². The molecule has 1 unspecified atom stereocenters. The Balaban J connectivity index is 0. The number of carbonyl (C=O) groups excluding carboxylic acids is 1. The minimum absolute atomic E-state index is 0.143. The van der Waals surface area contributed by atoms with E-state index in [2.05, 4.69) is 88.6 Å². The summed E-state index contributed by atoms with van der Waals surface area (Å²) in [5.74, 6) is 0.845. The van der Waals surface area contributed by atoms with Crippen molar-refractivity contribution in [1.29, 1.82) is 0 Å². The lowest BCUT2D eigenvalue weighted by molar-refractivity contribution is 0.0758. The zero-order valence-corrected chi connectivity index (χ0v) is 25.1. The number of anilines is 1. The van der Waals surface area contributed by atoms with Crippen LogP contribution in [-0.2, 0) is 0 Å². The molecule has 0 saturated carbocycles. The fourth-order valence-electron chi connectivity index (χ4n) is 3.78. The van der Waals surface area contributed by atoms with Gasteiger partial charge in [0.2, 0.25) is 0 Å². The van der Waals surface area contributed by atoms with Gasteiger partial charge >= 0.3 is 0 Å². The van der Waals surface area contributed by atoms with E-state index in [0.29, 0.717) is 12.6 Å². The van der Waals surface area contributed by atoms with Gasteiger partial charge in [-0.15, -0.1) is 13.2 Å². The number of carbonyl (C=O) groups is 1. The van der Waals surface area contributed by atoms with Gasteiger partial charge in [0.15, 0.2) is 0 Å². The van der Waals surface area contributed by atoms with E-state index in [-0.39, 0.29) is 5.91 Å². The number of fused-ring (bicyclic) bond motifs is 1. The third-order valence-corrected chi connectivity index (χ3v) is 5.71. The number of allylic oxidation sites excluding steroid dienone is 2. The molecule has 3 rings (SSSR count). The van der Waals surface area contributed by atoms with Gasteiger partial charge in [0, 0.05) is 31.6 Å². The molecule has 0 radical (unpaired) electrons. The molecular weight excluding hydrogens is 442 g/mol. The molecule has 1 N–H and O–H groups in total. The third-order valence-electron chi connectivity index (χ3n) is 5.71. The van der Waals surface area contributed by atoms with Crippen LogP contribution in [0.15, 0.2) is 49.2 Å². The summed E-state index contributed by atoms with van der Waals surface area (Å²) in [5.41, 5.74) is 3.25. The van der Waals surface area contributed by atoms with Crippen LogP contribution >= 0.6 is 0 Å². The van der Waals surface area contributed by atoms with Crippen molar-refractivity contribution in [3.63, 3.8) is 0 Å². The summed E-state index contributed by atoms with van der Waals surface area (Å²) in [6.07, 6.45) is 14.2. The van der Waals surface area contributed by atoms with Crippen molar-refractivity contribution in [3.8, 4) is 0 Å². The Hall–Kier alpha value is -2.75. The SMILES string of the molecule is C/C=c1/ccc2c(/c1=C/CC)NCN(CCC)C2=O.C=C.CC.CC.CCC(C)C1=CN(C)CC=C1. The number of amides is 1. The van der Waals surface area contributed by atoms with E-state index in [1.54, 1.807) is 0 Å². The highest BCUT2D eigenvalue weighted by molar-refractivity contribution is 6.01. The molecular formula is C32H55N3O. The molecule has 0 spiro atoms. The fraction of sp³-hybridized carbons (Fsp3) is 0.531. The second-order valence-corrected chi connectivity index (χ2v) is 8.08. The van der Waals surface area contributed by atoms with Gasteiger partial charge in [-0.1, -0.05) is 85.8 Å². The maximum atomic E-state index is 12.4. The van der Waals surface area contributed by atoms with Crippen LogP contribution in [0, 0.1) is 5.92 Å². The van der Waals surface area contributed by atoms with Gasteiger partial charge in [-0.2, -0.15) is 0 Å². The van der Waals surface area contributed by atoms with Crippen molar-refractivity contribution in [2.24, 2.45) is 5.92 Å². The first-order chi connectivity index (χ1) is 17.5. The summed E-state index contributed by atoms with van der Waals surface area (Å²) >= 11 is 0. The van der Waals surface area contributed by atoms with E-state index in [4.69, 9.17) is 0 Å². The maximum absolute atomic E-state index is 12.4. The van der Waals surface area contributed by atoms with Crippen molar-refractivity contribution in [2.75, 3.05) is 32.1 Å². The van der Waals surface area contributed by atoms with Crippen molar-refractivity contribution >= 4 is 23.7 Å². The van der Waals surface area contributed by atoms with Crippen LogP contribution in [-0.4, -0.2) is 42.5 Å². The van der Waals surface area contributed by atoms with E-state index in [1.807, 2.05) is 51.7 Å². The van der Waals surface area contributed by atoms with E-state index in [9.17, 15) is 4.79 Å². The largest absolute Gasteiger partial charge is 0.376 e. The molecule has 2 aliphatic heterocycles. The minimum Gasteiger partial charge on any atom is -0.376 e. The molecule has 204 valence electrons. The Morgan fingerprint density at radius 1 is 1.11 bits per heavy atom. The molecule has 1 amide bonds. The summed E-state index contributed by atoms with van der Waals surface area (Å²) in [6.45, 7) is 27.2. The van der Waals surface area contributed by atoms with Crippen molar-refractivity contribution in [3.05, 3.63) is 65.2 Å². The molecule has 0 bridgehead atoms. The van der Waals surface area contributed by atoms with Gasteiger partial charge in [0.25, 0.3) is 5.91 Å². The average Bonchev–Trinajstić information content (AvgIpc) is 2.94. The predicted octanol–water partition coefficient (Wildman–Crippen LogP) is 7.19. The molecule has 36 heavy (non-hydrogen) atoms. The van der Waals surface area contributed by atoms with Crippen LogP contribution in [0.4, 0.5) is 5.69 Å². The Bertz CT molecular complexity index is 914. The first-order valence-electron chi connectivity index (χ1n) is 13.9. The third kappa shape index (κ3) is 10.9. The van der Waals surface area contributed by atoms with Gasteiger partial charge in [0.1, 0.15) is 0 Å². The number of nitrogens with one attached hydrogen (secondary N) is 1. The molecule has 0 aromatic heterocycles. The molecule has 1 aromatic carbocycles.